The Hall–Kier alpha value is -1.97. The number of anilines is 1. The monoisotopic (exact) mass is 301 g/mol. The number of allylic oxidation sites excluding steroid dienone is 1. The number of hydrogen-bond donors (Lipinski definition) is 1. The highest BCUT2D eigenvalue weighted by Gasteiger charge is 2.21. The Morgan fingerprint density at radius 1 is 1.09 bits per heavy atom. The first-order chi connectivity index (χ1) is 10.4. The van der Waals surface area contributed by atoms with Crippen molar-refractivity contribution in [3.8, 4) is 0 Å². The number of nitrogens with one attached hydrogen (secondary N) is 1. The van der Waals surface area contributed by atoms with Crippen LogP contribution in [0.2, 0.25) is 0 Å². The van der Waals surface area contributed by atoms with Crippen molar-refractivity contribution in [2.75, 3.05) is 31.1 Å². The fourth-order valence-electron chi connectivity index (χ4n) is 2.28. The Morgan fingerprint density at radius 2 is 1.68 bits per heavy atom. The number of nitrogens with zero attached hydrogens (tertiary/aromatic N) is 2. The third-order valence-electron chi connectivity index (χ3n) is 4.28. The third-order valence-corrected chi connectivity index (χ3v) is 4.28. The lowest BCUT2D eigenvalue weighted by Gasteiger charge is -2.36. The Balaban J connectivity index is 1.85. The highest BCUT2D eigenvalue weighted by molar-refractivity contribution is 5.75. The van der Waals surface area contributed by atoms with Crippen molar-refractivity contribution in [2.24, 2.45) is 5.41 Å². The summed E-state index contributed by atoms with van der Waals surface area (Å²) in [5.41, 5.74) is 2.48. The number of rotatable bonds is 2. The average molecular weight is 301 g/mol. The quantitative estimate of drug-likeness (QED) is 0.908. The zero-order chi connectivity index (χ0) is 16.2. The van der Waals surface area contributed by atoms with Gasteiger partial charge in [0.2, 0.25) is 0 Å². The van der Waals surface area contributed by atoms with Crippen LogP contribution >= 0.6 is 0 Å². The van der Waals surface area contributed by atoms with Gasteiger partial charge in [-0.15, -0.1) is 0 Å². The molecule has 120 valence electrons. The molecule has 4 nitrogen and oxygen atoms in total. The number of amides is 2. The second kappa shape index (κ2) is 6.86. The molecule has 1 aliphatic heterocycles. The summed E-state index contributed by atoms with van der Waals surface area (Å²) in [4.78, 5) is 16.4. The van der Waals surface area contributed by atoms with E-state index in [4.69, 9.17) is 0 Å². The van der Waals surface area contributed by atoms with Crippen LogP contribution in [0.1, 0.15) is 27.7 Å². The average Bonchev–Trinajstić information content (AvgIpc) is 2.52. The van der Waals surface area contributed by atoms with E-state index in [-0.39, 0.29) is 11.4 Å². The predicted octanol–water partition coefficient (Wildman–Crippen LogP) is 3.47. The molecular formula is C18H27N3O. The second-order valence-corrected chi connectivity index (χ2v) is 6.84. The molecule has 0 unspecified atom stereocenters. The lowest BCUT2D eigenvalue weighted by molar-refractivity contribution is 0.198. The predicted molar refractivity (Wildman–Crippen MR) is 92.0 cm³/mol. The molecule has 0 aromatic heterocycles. The molecule has 1 fully saturated rings. The van der Waals surface area contributed by atoms with E-state index < -0.39 is 0 Å². The Labute approximate surface area is 133 Å². The van der Waals surface area contributed by atoms with Gasteiger partial charge in [0.05, 0.1) is 0 Å². The van der Waals surface area contributed by atoms with Gasteiger partial charge in [0.1, 0.15) is 0 Å². The van der Waals surface area contributed by atoms with Crippen molar-refractivity contribution in [1.82, 2.24) is 10.2 Å². The number of carbonyl (C=O) groups excluding carboxylic acids is 1. The summed E-state index contributed by atoms with van der Waals surface area (Å²) in [5, 5.41) is 2.92. The van der Waals surface area contributed by atoms with Gasteiger partial charge in [-0.05, 0) is 24.5 Å². The van der Waals surface area contributed by atoms with Crippen LogP contribution in [0, 0.1) is 5.41 Å². The van der Waals surface area contributed by atoms with Gasteiger partial charge in [0, 0.05) is 38.1 Å². The number of para-hydroxylation sites is 1. The molecule has 2 rings (SSSR count). The molecule has 4 heteroatoms. The minimum atomic E-state index is -0.00342. The van der Waals surface area contributed by atoms with Crippen molar-refractivity contribution in [3.05, 3.63) is 42.1 Å². The summed E-state index contributed by atoms with van der Waals surface area (Å²) in [5.74, 6) is 0. The van der Waals surface area contributed by atoms with E-state index in [9.17, 15) is 4.79 Å². The van der Waals surface area contributed by atoms with Crippen molar-refractivity contribution < 1.29 is 4.79 Å². The first-order valence-electron chi connectivity index (χ1n) is 7.90. The summed E-state index contributed by atoms with van der Waals surface area (Å²) in [6, 6.07) is 10.4. The van der Waals surface area contributed by atoms with E-state index in [0.717, 1.165) is 26.2 Å². The fraction of sp³-hybridized carbons (Fsp3) is 0.500. The molecule has 0 atom stereocenters. The van der Waals surface area contributed by atoms with Crippen molar-refractivity contribution in [2.45, 2.75) is 27.7 Å². The van der Waals surface area contributed by atoms with E-state index in [1.54, 1.807) is 0 Å². The Kier molecular flexibility index (Phi) is 5.11. The molecule has 0 radical (unpaired) electrons. The number of hydrogen-bond acceptors (Lipinski definition) is 2. The summed E-state index contributed by atoms with van der Waals surface area (Å²) in [7, 11) is 0. The van der Waals surface area contributed by atoms with Crippen LogP contribution in [0.25, 0.3) is 0 Å². The lowest BCUT2D eigenvalue weighted by Crippen LogP contribution is -2.51. The molecule has 0 bridgehead atoms. The van der Waals surface area contributed by atoms with Crippen LogP contribution in [0.15, 0.2) is 42.1 Å². The molecule has 1 aromatic rings. The van der Waals surface area contributed by atoms with E-state index in [2.05, 4.69) is 55.3 Å². The summed E-state index contributed by atoms with van der Waals surface area (Å²) in [6.45, 7) is 11.7. The van der Waals surface area contributed by atoms with Crippen molar-refractivity contribution in [3.63, 3.8) is 0 Å². The van der Waals surface area contributed by atoms with Gasteiger partial charge in [-0.3, -0.25) is 0 Å². The SMILES string of the molecule is C/C(=C\NC(=O)N1CCN(c2ccccc2)CC1)C(C)(C)C. The van der Waals surface area contributed by atoms with E-state index >= 15 is 0 Å². The maximum Gasteiger partial charge on any atom is 0.321 e. The fourth-order valence-corrected chi connectivity index (χ4v) is 2.28. The van der Waals surface area contributed by atoms with Gasteiger partial charge in [0.25, 0.3) is 0 Å². The van der Waals surface area contributed by atoms with Crippen molar-refractivity contribution in [1.29, 1.82) is 0 Å². The number of benzene rings is 1. The van der Waals surface area contributed by atoms with Gasteiger partial charge in [-0.2, -0.15) is 0 Å². The molecule has 1 heterocycles. The maximum absolute atomic E-state index is 12.2. The lowest BCUT2D eigenvalue weighted by atomic mass is 9.88. The van der Waals surface area contributed by atoms with Gasteiger partial charge in [-0.1, -0.05) is 44.5 Å². The van der Waals surface area contributed by atoms with Gasteiger partial charge >= 0.3 is 6.03 Å². The third kappa shape index (κ3) is 4.26. The highest BCUT2D eigenvalue weighted by atomic mass is 16.2. The molecule has 0 aliphatic carbocycles. The summed E-state index contributed by atoms with van der Waals surface area (Å²) < 4.78 is 0. The normalized spacial score (nSPS) is 16.6. The zero-order valence-electron chi connectivity index (χ0n) is 14.1. The molecule has 1 aromatic carbocycles. The van der Waals surface area contributed by atoms with Gasteiger partial charge in [0.15, 0.2) is 0 Å². The minimum absolute atomic E-state index is 0.00342. The number of piperazine rings is 1. The second-order valence-electron chi connectivity index (χ2n) is 6.84. The van der Waals surface area contributed by atoms with E-state index in [0.29, 0.717) is 0 Å². The number of carbonyl (C=O) groups is 1. The summed E-state index contributed by atoms with van der Waals surface area (Å²) in [6.07, 6.45) is 1.84. The van der Waals surface area contributed by atoms with Crippen LogP contribution in [-0.2, 0) is 0 Å². The zero-order valence-corrected chi connectivity index (χ0v) is 14.1. The highest BCUT2D eigenvalue weighted by Crippen LogP contribution is 2.23. The maximum atomic E-state index is 12.2. The Bertz CT molecular complexity index is 523. The number of urea groups is 1. The van der Waals surface area contributed by atoms with Crippen molar-refractivity contribution >= 4 is 11.7 Å². The van der Waals surface area contributed by atoms with Gasteiger partial charge in [-0.25, -0.2) is 4.79 Å². The first kappa shape index (κ1) is 16.4. The first-order valence-corrected chi connectivity index (χ1v) is 7.90. The molecule has 1 N–H and O–H groups in total. The molecule has 1 aliphatic rings. The molecular weight excluding hydrogens is 274 g/mol. The molecule has 1 saturated heterocycles. The van der Waals surface area contributed by atoms with Crippen LogP contribution in [0.4, 0.5) is 10.5 Å². The van der Waals surface area contributed by atoms with Crippen LogP contribution in [0.5, 0.6) is 0 Å². The van der Waals surface area contributed by atoms with Crippen LogP contribution in [0.3, 0.4) is 0 Å². The standard InChI is InChI=1S/C18H27N3O/c1-15(18(2,3)4)14-19-17(22)21-12-10-20(11-13-21)16-8-6-5-7-9-16/h5-9,14H,10-13H2,1-4H3,(H,19,22)/b15-14+. The van der Waals surface area contributed by atoms with Crippen LogP contribution < -0.4 is 10.2 Å². The van der Waals surface area contributed by atoms with E-state index in [1.165, 1.54) is 11.3 Å². The van der Waals surface area contributed by atoms with E-state index in [1.807, 2.05) is 24.1 Å². The smallest absolute Gasteiger partial charge is 0.321 e. The molecule has 22 heavy (non-hydrogen) atoms. The van der Waals surface area contributed by atoms with Gasteiger partial charge < -0.3 is 15.1 Å². The minimum Gasteiger partial charge on any atom is -0.368 e. The largest absolute Gasteiger partial charge is 0.368 e. The molecule has 0 spiro atoms. The topological polar surface area (TPSA) is 35.6 Å². The van der Waals surface area contributed by atoms with Crippen LogP contribution in [-0.4, -0.2) is 37.1 Å². The summed E-state index contributed by atoms with van der Waals surface area (Å²) >= 11 is 0. The molecule has 2 amide bonds. The molecule has 0 saturated carbocycles. The Morgan fingerprint density at radius 3 is 2.23 bits per heavy atom.